The van der Waals surface area contributed by atoms with Gasteiger partial charge in [0, 0.05) is 49.4 Å². The summed E-state index contributed by atoms with van der Waals surface area (Å²) in [5, 5.41) is 0.571. The standard InChI is InChI=1S/C40H51ClN6O3/c1-38(2,3)50-37(48)47-18-12-29(27-47)26-45-19-13-40(14-20-45)15-21-46(22-16-40)36-43-17-11-33(44-36)28-49-35-9-7-30(8-10-35)39(4,5)31-23-32(41)25-34(24-31)42-6/h7-11,17,23-25,29H,12-16,18-22,26-28H2,1-5H3. The largest absolute Gasteiger partial charge is 0.487 e. The van der Waals surface area contributed by atoms with Gasteiger partial charge in [-0.3, -0.25) is 0 Å². The summed E-state index contributed by atoms with van der Waals surface area (Å²) >= 11 is 6.30. The van der Waals surface area contributed by atoms with Gasteiger partial charge >= 0.3 is 6.09 Å². The maximum Gasteiger partial charge on any atom is 0.410 e. The molecule has 266 valence electrons. The van der Waals surface area contributed by atoms with Gasteiger partial charge in [-0.05, 0) is 119 Å². The molecule has 1 amide bonds. The lowest BCUT2D eigenvalue weighted by atomic mass is 9.71. The van der Waals surface area contributed by atoms with Gasteiger partial charge in [0.15, 0.2) is 5.69 Å². The average Bonchev–Trinajstić information content (AvgIpc) is 3.57. The van der Waals surface area contributed by atoms with Gasteiger partial charge in [0.1, 0.15) is 18.0 Å². The maximum absolute atomic E-state index is 12.5. The topological polar surface area (TPSA) is 75.4 Å². The van der Waals surface area contributed by atoms with Crippen LogP contribution in [0.4, 0.5) is 16.4 Å². The summed E-state index contributed by atoms with van der Waals surface area (Å²) in [7, 11) is 0. The van der Waals surface area contributed by atoms with Gasteiger partial charge < -0.3 is 24.2 Å². The van der Waals surface area contributed by atoms with Crippen molar-refractivity contribution >= 4 is 29.3 Å². The molecule has 0 radical (unpaired) electrons. The normalized spacial score (nSPS) is 19.7. The van der Waals surface area contributed by atoms with Gasteiger partial charge in [0.25, 0.3) is 0 Å². The lowest BCUT2D eigenvalue weighted by Gasteiger charge is -2.47. The number of amides is 1. The zero-order chi connectivity index (χ0) is 35.5. The van der Waals surface area contributed by atoms with Crippen molar-refractivity contribution in [1.29, 1.82) is 0 Å². The zero-order valence-electron chi connectivity index (χ0n) is 30.3. The van der Waals surface area contributed by atoms with Crippen molar-refractivity contribution in [2.75, 3.05) is 50.7 Å². The summed E-state index contributed by atoms with van der Waals surface area (Å²) in [4.78, 5) is 32.4. The van der Waals surface area contributed by atoms with Gasteiger partial charge in [-0.25, -0.2) is 19.6 Å². The Morgan fingerprint density at radius 2 is 1.66 bits per heavy atom. The molecular formula is C40H51ClN6O3. The molecular weight excluding hydrogens is 648 g/mol. The van der Waals surface area contributed by atoms with E-state index in [1.165, 1.54) is 12.8 Å². The molecule has 3 aromatic rings. The molecule has 1 unspecified atom stereocenters. The highest BCUT2D eigenvalue weighted by atomic mass is 35.5. The average molecular weight is 699 g/mol. The van der Waals surface area contributed by atoms with E-state index in [9.17, 15) is 4.79 Å². The lowest BCUT2D eigenvalue weighted by Crippen LogP contribution is -2.48. The lowest BCUT2D eigenvalue weighted by molar-refractivity contribution is 0.0279. The van der Waals surface area contributed by atoms with E-state index in [1.54, 1.807) is 6.07 Å². The van der Waals surface area contributed by atoms with E-state index in [0.717, 1.165) is 93.6 Å². The van der Waals surface area contributed by atoms with Crippen LogP contribution in [0, 0.1) is 17.9 Å². The molecule has 0 N–H and O–H groups in total. The molecule has 1 spiro atoms. The number of hydrogen-bond donors (Lipinski definition) is 0. The Balaban J connectivity index is 0.958. The Morgan fingerprint density at radius 1 is 0.960 bits per heavy atom. The quantitative estimate of drug-likeness (QED) is 0.218. The number of halogens is 1. The van der Waals surface area contributed by atoms with E-state index in [-0.39, 0.29) is 11.5 Å². The molecule has 50 heavy (non-hydrogen) atoms. The monoisotopic (exact) mass is 698 g/mol. The van der Waals surface area contributed by atoms with Crippen LogP contribution in [-0.2, 0) is 16.8 Å². The van der Waals surface area contributed by atoms with Crippen LogP contribution in [0.3, 0.4) is 0 Å². The van der Waals surface area contributed by atoms with Crippen molar-refractivity contribution in [2.24, 2.45) is 11.3 Å². The number of piperidine rings is 2. The molecule has 0 aliphatic carbocycles. The number of carbonyl (C=O) groups excluding carboxylic acids is 1. The molecule has 3 saturated heterocycles. The van der Waals surface area contributed by atoms with E-state index >= 15 is 0 Å². The number of hydrogen-bond acceptors (Lipinski definition) is 7. The van der Waals surface area contributed by atoms with E-state index in [4.69, 9.17) is 32.6 Å². The Hall–Kier alpha value is -3.87. The summed E-state index contributed by atoms with van der Waals surface area (Å²) in [5.41, 5.74) is 3.14. The number of nitrogens with zero attached hydrogens (tertiary/aromatic N) is 6. The third-order valence-electron chi connectivity index (χ3n) is 10.9. The van der Waals surface area contributed by atoms with Crippen LogP contribution in [0.25, 0.3) is 4.85 Å². The van der Waals surface area contributed by atoms with Crippen molar-refractivity contribution in [2.45, 2.75) is 84.3 Å². The molecule has 6 rings (SSSR count). The van der Waals surface area contributed by atoms with Crippen LogP contribution in [0.2, 0.25) is 5.02 Å². The van der Waals surface area contributed by atoms with Crippen molar-refractivity contribution < 1.29 is 14.3 Å². The fourth-order valence-electron chi connectivity index (χ4n) is 7.64. The van der Waals surface area contributed by atoms with Gasteiger partial charge in [-0.1, -0.05) is 43.6 Å². The SMILES string of the molecule is [C-]#[N+]c1cc(Cl)cc(C(C)(C)c2ccc(OCc3ccnc(N4CCC5(CCN(CC6CCN(C(=O)OC(C)(C)C)C6)CC5)CC4)n3)cc2)c1. The van der Waals surface area contributed by atoms with Gasteiger partial charge in [0.05, 0.1) is 12.3 Å². The highest BCUT2D eigenvalue weighted by Gasteiger charge is 2.39. The fraction of sp³-hybridized carbons (Fsp3) is 0.550. The predicted molar refractivity (Wildman–Crippen MR) is 198 cm³/mol. The van der Waals surface area contributed by atoms with Gasteiger partial charge in [-0.2, -0.15) is 0 Å². The summed E-state index contributed by atoms with van der Waals surface area (Å²) in [6, 6.07) is 15.6. The molecule has 1 aromatic heterocycles. The third-order valence-corrected chi connectivity index (χ3v) is 11.1. The number of rotatable bonds is 8. The summed E-state index contributed by atoms with van der Waals surface area (Å²) in [5.74, 6) is 2.09. The first-order chi connectivity index (χ1) is 23.8. The maximum atomic E-state index is 12.5. The second-order valence-corrected chi connectivity index (χ2v) is 16.4. The second kappa shape index (κ2) is 14.8. The highest BCUT2D eigenvalue weighted by molar-refractivity contribution is 6.31. The number of likely N-dealkylation sites (tertiary alicyclic amines) is 2. The Morgan fingerprint density at radius 3 is 2.34 bits per heavy atom. The molecule has 0 bridgehead atoms. The summed E-state index contributed by atoms with van der Waals surface area (Å²) < 4.78 is 11.7. The van der Waals surface area contributed by atoms with Gasteiger partial charge in [-0.15, -0.1) is 0 Å². The predicted octanol–water partition coefficient (Wildman–Crippen LogP) is 8.53. The molecule has 9 nitrogen and oxygen atoms in total. The van der Waals surface area contributed by atoms with E-state index in [2.05, 4.69) is 45.6 Å². The molecule has 3 aliphatic heterocycles. The third kappa shape index (κ3) is 8.70. The van der Waals surface area contributed by atoms with Crippen LogP contribution < -0.4 is 9.64 Å². The molecule has 10 heteroatoms. The smallest absolute Gasteiger partial charge is 0.410 e. The van der Waals surface area contributed by atoms with Gasteiger partial charge in [0.2, 0.25) is 5.95 Å². The molecule has 3 fully saturated rings. The van der Waals surface area contributed by atoms with Crippen LogP contribution in [-0.4, -0.2) is 77.3 Å². The van der Waals surface area contributed by atoms with E-state index in [1.807, 2.05) is 62.2 Å². The number of ether oxygens (including phenoxy) is 2. The fourth-order valence-corrected chi connectivity index (χ4v) is 7.87. The first-order valence-electron chi connectivity index (χ1n) is 18.0. The van der Waals surface area contributed by atoms with E-state index < -0.39 is 5.60 Å². The first-order valence-corrected chi connectivity index (χ1v) is 18.4. The number of carbonyl (C=O) groups is 1. The Kier molecular flexibility index (Phi) is 10.6. The molecule has 2 aromatic carbocycles. The van der Waals surface area contributed by atoms with Crippen LogP contribution in [0.5, 0.6) is 5.75 Å². The van der Waals surface area contributed by atoms with Crippen LogP contribution in [0.15, 0.2) is 54.7 Å². The number of anilines is 1. The minimum absolute atomic E-state index is 0.176. The highest BCUT2D eigenvalue weighted by Crippen LogP contribution is 2.42. The van der Waals surface area contributed by atoms with E-state index in [0.29, 0.717) is 28.6 Å². The minimum atomic E-state index is -0.450. The molecule has 4 heterocycles. The van der Waals surface area contributed by atoms with Crippen molar-refractivity contribution in [3.8, 4) is 5.75 Å². The number of aromatic nitrogens is 2. The summed E-state index contributed by atoms with van der Waals surface area (Å²) in [6.45, 7) is 24.7. The number of benzene rings is 2. The van der Waals surface area contributed by atoms with Crippen molar-refractivity contribution in [1.82, 2.24) is 19.8 Å². The van der Waals surface area contributed by atoms with Crippen LogP contribution in [0.1, 0.15) is 83.5 Å². The van der Waals surface area contributed by atoms with Crippen molar-refractivity contribution in [3.63, 3.8) is 0 Å². The molecule has 3 aliphatic rings. The zero-order valence-corrected chi connectivity index (χ0v) is 31.0. The molecule has 1 atom stereocenters. The van der Waals surface area contributed by atoms with Crippen molar-refractivity contribution in [3.05, 3.63) is 88.0 Å². The molecule has 0 saturated carbocycles. The summed E-state index contributed by atoms with van der Waals surface area (Å²) in [6.07, 6.45) is 7.51. The second-order valence-electron chi connectivity index (χ2n) is 16.0. The first kappa shape index (κ1) is 35.9. The minimum Gasteiger partial charge on any atom is -0.487 e. The van der Waals surface area contributed by atoms with Crippen LogP contribution >= 0.6 is 11.6 Å². The Bertz CT molecular complexity index is 1680. The Labute approximate surface area is 302 Å².